The number of ether oxygens (including phenoxy) is 8. The highest BCUT2D eigenvalue weighted by Crippen LogP contribution is 2.36. The molecule has 2 aliphatic heterocycles. The first-order chi connectivity index (χ1) is 21.3. The van der Waals surface area contributed by atoms with E-state index in [0.29, 0.717) is 0 Å². The highest BCUT2D eigenvalue weighted by Gasteiger charge is 2.54. The van der Waals surface area contributed by atoms with Gasteiger partial charge in [-0.15, -0.1) is 0 Å². The standard InChI is InChI=1S/C23H33N3O14.C2Cl3N/c1-9-18(35-12(4)29)19(36-13(5)30)16(8-34-11(3)28)39-23(9)40-20-15(7-33-10(2)27)38-22(32)17(25-26-24)21(20)37-14(6)31;3-2(4,5)1-6/h9,15-23,32H,7-8H2,1-6H3;. The molecule has 2 rings (SSSR count). The van der Waals surface area contributed by atoms with Gasteiger partial charge in [-0.1, -0.05) is 46.8 Å². The molecule has 0 saturated carbocycles. The van der Waals surface area contributed by atoms with Crippen molar-refractivity contribution in [3.63, 3.8) is 0 Å². The summed E-state index contributed by atoms with van der Waals surface area (Å²) >= 11 is 14.7. The van der Waals surface area contributed by atoms with Gasteiger partial charge >= 0.3 is 29.8 Å². The zero-order valence-electron chi connectivity index (χ0n) is 25.4. The number of azide groups is 1. The van der Waals surface area contributed by atoms with E-state index in [4.69, 9.17) is 83.5 Å². The van der Waals surface area contributed by atoms with Gasteiger partial charge in [-0.05, 0) is 5.53 Å². The lowest BCUT2D eigenvalue weighted by Gasteiger charge is -2.48. The number of nitrogens with zero attached hydrogens (tertiary/aromatic N) is 4. The molecule has 0 aliphatic carbocycles. The number of aliphatic hydroxyl groups is 1. The number of rotatable bonds is 10. The number of hydrogen-bond donors (Lipinski definition) is 1. The minimum Gasteiger partial charge on any atom is -0.463 e. The molecule has 0 aromatic carbocycles. The summed E-state index contributed by atoms with van der Waals surface area (Å²) in [5.41, 5.74) is 9.02. The molecule has 0 radical (unpaired) electrons. The van der Waals surface area contributed by atoms with Crippen molar-refractivity contribution in [2.75, 3.05) is 13.2 Å². The topological polar surface area (TPSA) is 252 Å². The van der Waals surface area contributed by atoms with Crippen LogP contribution in [0.1, 0.15) is 41.5 Å². The number of aliphatic hydroxyl groups excluding tert-OH is 1. The van der Waals surface area contributed by atoms with Crippen LogP contribution in [-0.2, 0) is 61.9 Å². The third kappa shape index (κ3) is 13.7. The molecule has 2 heterocycles. The van der Waals surface area contributed by atoms with Gasteiger partial charge in [0.1, 0.15) is 55.8 Å². The predicted octanol–water partition coefficient (Wildman–Crippen LogP) is 1.93. The number of halogens is 3. The van der Waals surface area contributed by atoms with Crippen LogP contribution in [0.25, 0.3) is 10.4 Å². The SMILES string of the molecule is CC(=O)OCC1OC(OC2C(COC(C)=O)OC(O)C(N=[N+]=[N-])C2OC(C)=O)C(C)C(OC(C)=O)C1OC(C)=O.N#CC(Cl)(Cl)Cl. The molecule has 0 spiro atoms. The molecular weight excluding hydrogens is 687 g/mol. The van der Waals surface area contributed by atoms with E-state index in [1.165, 1.54) is 6.07 Å². The second-order valence-corrected chi connectivity index (χ2v) is 12.0. The number of carbonyl (C=O) groups is 5. The fraction of sp³-hybridized carbons (Fsp3) is 0.760. The zero-order valence-corrected chi connectivity index (χ0v) is 27.6. The van der Waals surface area contributed by atoms with Crippen LogP contribution in [0.2, 0.25) is 0 Å². The van der Waals surface area contributed by atoms with Gasteiger partial charge in [0.2, 0.25) is 0 Å². The normalized spacial score (nSPS) is 30.5. The number of esters is 5. The molecule has 0 aromatic heterocycles. The molecule has 0 aromatic rings. The molecule has 2 fully saturated rings. The Hall–Kier alpha value is -3.14. The van der Waals surface area contributed by atoms with Gasteiger partial charge in [0.05, 0.1) is 0 Å². The average Bonchev–Trinajstić information content (AvgIpc) is 2.92. The Balaban J connectivity index is 0.00000160. The van der Waals surface area contributed by atoms with Crippen LogP contribution in [0.3, 0.4) is 0 Å². The van der Waals surface area contributed by atoms with E-state index < -0.39 is 108 Å². The Kier molecular flexibility index (Phi) is 16.8. The first-order valence-electron chi connectivity index (χ1n) is 13.3. The lowest BCUT2D eigenvalue weighted by atomic mass is 9.91. The third-order valence-corrected chi connectivity index (χ3v) is 6.24. The lowest BCUT2D eigenvalue weighted by Crippen LogP contribution is -2.64. The molecule has 2 aliphatic rings. The summed E-state index contributed by atoms with van der Waals surface area (Å²) in [6.45, 7) is 6.26. The highest BCUT2D eigenvalue weighted by atomic mass is 35.6. The molecule has 258 valence electrons. The monoisotopic (exact) mass is 718 g/mol. The van der Waals surface area contributed by atoms with Crippen molar-refractivity contribution >= 4 is 64.6 Å². The fourth-order valence-electron chi connectivity index (χ4n) is 4.30. The third-order valence-electron chi connectivity index (χ3n) is 5.99. The van der Waals surface area contributed by atoms with Crippen molar-refractivity contribution in [3.05, 3.63) is 10.4 Å². The van der Waals surface area contributed by atoms with Gasteiger partial charge in [0.25, 0.3) is 3.79 Å². The highest BCUT2D eigenvalue weighted by molar-refractivity contribution is 6.69. The van der Waals surface area contributed by atoms with Crippen LogP contribution < -0.4 is 0 Å². The smallest absolute Gasteiger partial charge is 0.303 e. The van der Waals surface area contributed by atoms with Crippen molar-refractivity contribution in [3.8, 4) is 6.07 Å². The minimum absolute atomic E-state index is 0.427. The number of hydrogen-bond acceptors (Lipinski definition) is 16. The van der Waals surface area contributed by atoms with Crippen molar-refractivity contribution in [2.45, 2.75) is 101 Å². The summed E-state index contributed by atoms with van der Waals surface area (Å²) in [7, 11) is 0. The summed E-state index contributed by atoms with van der Waals surface area (Å²) in [6, 6.07) is -0.0845. The van der Waals surface area contributed by atoms with Gasteiger partial charge in [-0.3, -0.25) is 24.0 Å². The Bertz CT molecular complexity index is 1190. The number of carbonyl (C=O) groups excluding carboxylic acids is 5. The van der Waals surface area contributed by atoms with Crippen molar-refractivity contribution in [1.29, 1.82) is 5.26 Å². The van der Waals surface area contributed by atoms with Gasteiger partial charge in [0, 0.05) is 45.4 Å². The van der Waals surface area contributed by atoms with Crippen LogP contribution in [0.15, 0.2) is 5.11 Å². The Morgan fingerprint density at radius 3 is 1.67 bits per heavy atom. The van der Waals surface area contributed by atoms with Crippen LogP contribution in [0.4, 0.5) is 0 Å². The quantitative estimate of drug-likeness (QED) is 0.0845. The summed E-state index contributed by atoms with van der Waals surface area (Å²) in [5.74, 6) is -4.52. The summed E-state index contributed by atoms with van der Waals surface area (Å²) in [6.07, 6.45) is -10.8. The van der Waals surface area contributed by atoms with Crippen LogP contribution in [0.5, 0.6) is 0 Å². The molecule has 0 amide bonds. The lowest BCUT2D eigenvalue weighted by molar-refractivity contribution is -0.335. The number of nitriles is 1. The summed E-state index contributed by atoms with van der Waals surface area (Å²) < 4.78 is 42.1. The molecule has 10 atom stereocenters. The van der Waals surface area contributed by atoms with E-state index in [9.17, 15) is 29.1 Å². The first kappa shape index (κ1) is 40.9. The molecule has 46 heavy (non-hydrogen) atoms. The predicted molar refractivity (Wildman–Crippen MR) is 152 cm³/mol. The second-order valence-electron chi connectivity index (χ2n) is 9.70. The molecule has 10 unspecified atom stereocenters. The Morgan fingerprint density at radius 1 is 0.826 bits per heavy atom. The van der Waals surface area contributed by atoms with Gasteiger partial charge < -0.3 is 43.0 Å². The van der Waals surface area contributed by atoms with Crippen LogP contribution in [-0.4, -0.2) is 107 Å². The molecule has 1 N–H and O–H groups in total. The molecule has 2 saturated heterocycles. The largest absolute Gasteiger partial charge is 0.463 e. The van der Waals surface area contributed by atoms with Crippen LogP contribution >= 0.6 is 34.8 Å². The molecule has 21 heteroatoms. The van der Waals surface area contributed by atoms with E-state index in [1.54, 1.807) is 6.92 Å². The molecule has 18 nitrogen and oxygen atoms in total. The van der Waals surface area contributed by atoms with E-state index in [1.807, 2.05) is 0 Å². The fourth-order valence-corrected chi connectivity index (χ4v) is 4.30. The second kappa shape index (κ2) is 18.9. The Morgan fingerprint density at radius 2 is 1.26 bits per heavy atom. The molecular formula is C25H33Cl3N4O14. The van der Waals surface area contributed by atoms with Crippen LogP contribution in [0, 0.1) is 17.2 Å². The minimum atomic E-state index is -1.77. The van der Waals surface area contributed by atoms with E-state index in [0.717, 1.165) is 34.6 Å². The van der Waals surface area contributed by atoms with Gasteiger partial charge in [-0.2, -0.15) is 5.26 Å². The van der Waals surface area contributed by atoms with Crippen molar-refractivity contribution in [1.82, 2.24) is 0 Å². The average molecular weight is 720 g/mol. The number of alkyl halides is 3. The summed E-state index contributed by atoms with van der Waals surface area (Å²) in [4.78, 5) is 61.4. The van der Waals surface area contributed by atoms with Gasteiger partial charge in [-0.25, -0.2) is 0 Å². The first-order valence-corrected chi connectivity index (χ1v) is 14.4. The van der Waals surface area contributed by atoms with Gasteiger partial charge in [0.15, 0.2) is 18.7 Å². The van der Waals surface area contributed by atoms with E-state index >= 15 is 0 Å². The van der Waals surface area contributed by atoms with E-state index in [-0.39, 0.29) is 0 Å². The molecule has 0 bridgehead atoms. The van der Waals surface area contributed by atoms with Crippen molar-refractivity contribution in [2.24, 2.45) is 11.0 Å². The Labute approximate surface area is 277 Å². The maximum atomic E-state index is 12.0. The summed E-state index contributed by atoms with van der Waals surface area (Å²) in [5, 5.41) is 21.7. The maximum Gasteiger partial charge on any atom is 0.303 e. The van der Waals surface area contributed by atoms with Crippen molar-refractivity contribution < 1.29 is 67.0 Å². The zero-order chi connectivity index (χ0) is 35.4. The van der Waals surface area contributed by atoms with E-state index in [2.05, 4.69) is 10.0 Å². The maximum absolute atomic E-state index is 12.0.